The summed E-state index contributed by atoms with van der Waals surface area (Å²) < 4.78 is 14.3. The van der Waals surface area contributed by atoms with Gasteiger partial charge in [-0.3, -0.25) is 14.4 Å². The zero-order valence-electron chi connectivity index (χ0n) is 20.9. The van der Waals surface area contributed by atoms with Gasteiger partial charge in [-0.05, 0) is 49.7 Å². The molecule has 0 spiro atoms. The fourth-order valence-corrected chi connectivity index (χ4v) is 4.66. The van der Waals surface area contributed by atoms with E-state index < -0.39 is 29.1 Å². The molecule has 2 aliphatic rings. The normalized spacial score (nSPS) is 20.5. The lowest BCUT2D eigenvalue weighted by molar-refractivity contribution is -0.144. The lowest BCUT2D eigenvalue weighted by atomic mass is 9.85. The van der Waals surface area contributed by atoms with E-state index >= 15 is 0 Å². The van der Waals surface area contributed by atoms with Crippen molar-refractivity contribution >= 4 is 35.1 Å². The van der Waals surface area contributed by atoms with E-state index in [4.69, 9.17) is 0 Å². The Bertz CT molecular complexity index is 1040. The van der Waals surface area contributed by atoms with Crippen LogP contribution in [0.3, 0.4) is 0 Å². The number of likely N-dealkylation sites (tertiary alicyclic amines) is 1. The number of rotatable bonds is 9. The number of nitrogens with one attached hydrogen (secondary N) is 2. The van der Waals surface area contributed by atoms with E-state index in [9.17, 15) is 18.8 Å². The van der Waals surface area contributed by atoms with Gasteiger partial charge in [-0.25, -0.2) is 9.37 Å². The molecule has 2 heterocycles. The van der Waals surface area contributed by atoms with Crippen LogP contribution in [-0.2, 0) is 14.4 Å². The summed E-state index contributed by atoms with van der Waals surface area (Å²) in [5.41, 5.74) is 1.07. The summed E-state index contributed by atoms with van der Waals surface area (Å²) in [6.07, 6.45) is 8.98. The van der Waals surface area contributed by atoms with Gasteiger partial charge < -0.3 is 15.5 Å². The van der Waals surface area contributed by atoms with Gasteiger partial charge in [0.25, 0.3) is 5.91 Å². The summed E-state index contributed by atoms with van der Waals surface area (Å²) in [6, 6.07) is -1.55. The predicted octanol–water partition coefficient (Wildman–Crippen LogP) is 3.72. The standard InChI is InChI=1S/C26H35FN4O3S/c1-6-18(9-7-11-20-17(2)29-16-35-20)15-28-22(32)19-10-8-14-31(19)23(33)21(25(3,4)5)30-24(34)26(27)12-13-26/h6-7,9,11,16,19,21H,1,8,10,12-15H2,2-5H3,(H,28,32)(H,30,34)/b11-7?,18-9+. The highest BCUT2D eigenvalue weighted by atomic mass is 32.1. The second-order valence-electron chi connectivity index (χ2n) is 10.3. The first-order valence-electron chi connectivity index (χ1n) is 11.9. The van der Waals surface area contributed by atoms with Crippen LogP contribution in [0.1, 0.15) is 57.0 Å². The minimum atomic E-state index is -1.87. The molecule has 2 atom stereocenters. The lowest BCUT2D eigenvalue weighted by Crippen LogP contribution is -2.59. The molecule has 35 heavy (non-hydrogen) atoms. The van der Waals surface area contributed by atoms with Crippen molar-refractivity contribution < 1.29 is 18.8 Å². The fraction of sp³-hybridized carbons (Fsp3) is 0.538. The molecule has 3 amide bonds. The maximum absolute atomic E-state index is 14.3. The van der Waals surface area contributed by atoms with Gasteiger partial charge in [0.1, 0.15) is 12.1 Å². The molecule has 0 aromatic carbocycles. The van der Waals surface area contributed by atoms with Crippen molar-refractivity contribution in [2.24, 2.45) is 5.41 Å². The Morgan fingerprint density at radius 1 is 1.37 bits per heavy atom. The molecule has 1 aliphatic heterocycles. The molecule has 9 heteroatoms. The Kier molecular flexibility index (Phi) is 8.30. The molecule has 1 aliphatic carbocycles. The van der Waals surface area contributed by atoms with Gasteiger partial charge in [0, 0.05) is 18.0 Å². The molecule has 0 bridgehead atoms. The van der Waals surface area contributed by atoms with E-state index in [0.29, 0.717) is 19.4 Å². The quantitative estimate of drug-likeness (QED) is 0.504. The summed E-state index contributed by atoms with van der Waals surface area (Å²) in [4.78, 5) is 45.6. The van der Waals surface area contributed by atoms with Crippen molar-refractivity contribution in [1.29, 1.82) is 0 Å². The van der Waals surface area contributed by atoms with Gasteiger partial charge in [0.15, 0.2) is 5.67 Å². The van der Waals surface area contributed by atoms with Crippen molar-refractivity contribution in [3.63, 3.8) is 0 Å². The Morgan fingerprint density at radius 2 is 2.09 bits per heavy atom. The molecule has 1 aromatic heterocycles. The van der Waals surface area contributed by atoms with E-state index in [-0.39, 0.29) is 31.2 Å². The number of amides is 3. The highest BCUT2D eigenvalue weighted by Crippen LogP contribution is 2.40. The third-order valence-corrected chi connectivity index (χ3v) is 7.29. The van der Waals surface area contributed by atoms with Crippen molar-refractivity contribution in [3.05, 3.63) is 46.5 Å². The molecule has 0 radical (unpaired) electrons. The third-order valence-electron chi connectivity index (χ3n) is 6.39. The first-order valence-corrected chi connectivity index (χ1v) is 12.8. The first-order chi connectivity index (χ1) is 16.5. The van der Waals surface area contributed by atoms with Crippen LogP contribution in [0, 0.1) is 12.3 Å². The molecule has 1 aromatic rings. The van der Waals surface area contributed by atoms with Crippen LogP contribution in [0.25, 0.3) is 6.08 Å². The maximum atomic E-state index is 14.3. The number of carbonyl (C=O) groups is 3. The summed E-state index contributed by atoms with van der Waals surface area (Å²) in [5.74, 6) is -1.35. The second kappa shape index (κ2) is 10.8. The number of aryl methyl sites for hydroxylation is 1. The van der Waals surface area contributed by atoms with Gasteiger partial charge >= 0.3 is 0 Å². The molecule has 7 nitrogen and oxygen atoms in total. The number of alkyl halides is 1. The average Bonchev–Trinajstić information content (AvgIpc) is 3.19. The summed E-state index contributed by atoms with van der Waals surface area (Å²) in [7, 11) is 0. The van der Waals surface area contributed by atoms with Crippen molar-refractivity contribution in [2.75, 3.05) is 13.1 Å². The number of nitrogens with zero attached hydrogens (tertiary/aromatic N) is 2. The topological polar surface area (TPSA) is 91.4 Å². The molecule has 2 fully saturated rings. The van der Waals surface area contributed by atoms with Gasteiger partial charge in [-0.1, -0.05) is 45.6 Å². The Hall–Kier alpha value is -2.81. The molecular formula is C26H35FN4O3S. The maximum Gasteiger partial charge on any atom is 0.258 e. The number of allylic oxidation sites excluding steroid dienone is 2. The van der Waals surface area contributed by atoms with Crippen LogP contribution in [0.2, 0.25) is 0 Å². The lowest BCUT2D eigenvalue weighted by Gasteiger charge is -2.35. The van der Waals surface area contributed by atoms with E-state index in [1.165, 1.54) is 4.90 Å². The second-order valence-corrected chi connectivity index (χ2v) is 11.1. The largest absolute Gasteiger partial charge is 0.350 e. The highest BCUT2D eigenvalue weighted by Gasteiger charge is 2.53. The number of halogens is 1. The van der Waals surface area contributed by atoms with Crippen LogP contribution in [0.4, 0.5) is 4.39 Å². The van der Waals surface area contributed by atoms with Crippen molar-refractivity contribution in [2.45, 2.75) is 71.1 Å². The van der Waals surface area contributed by atoms with Gasteiger partial charge in [-0.2, -0.15) is 0 Å². The van der Waals surface area contributed by atoms with Crippen LogP contribution < -0.4 is 10.6 Å². The minimum absolute atomic E-state index is 0.177. The van der Waals surface area contributed by atoms with Gasteiger partial charge in [0.2, 0.25) is 11.8 Å². The number of carbonyl (C=O) groups excluding carboxylic acids is 3. The third kappa shape index (κ3) is 6.66. The highest BCUT2D eigenvalue weighted by molar-refractivity contribution is 7.10. The molecule has 1 saturated carbocycles. The molecule has 2 N–H and O–H groups in total. The molecule has 2 unspecified atom stereocenters. The van der Waals surface area contributed by atoms with E-state index in [1.54, 1.807) is 22.9 Å². The van der Waals surface area contributed by atoms with Crippen LogP contribution >= 0.6 is 11.3 Å². The number of thiazole rings is 1. The smallest absolute Gasteiger partial charge is 0.258 e. The summed E-state index contributed by atoms with van der Waals surface area (Å²) >= 11 is 1.55. The molecule has 190 valence electrons. The zero-order chi connectivity index (χ0) is 25.8. The van der Waals surface area contributed by atoms with Crippen molar-refractivity contribution in [3.8, 4) is 0 Å². The van der Waals surface area contributed by atoms with E-state index in [0.717, 1.165) is 16.1 Å². The number of hydrogen-bond acceptors (Lipinski definition) is 5. The van der Waals surface area contributed by atoms with Crippen molar-refractivity contribution in [1.82, 2.24) is 20.5 Å². The zero-order valence-corrected chi connectivity index (χ0v) is 21.7. The van der Waals surface area contributed by atoms with E-state index in [2.05, 4.69) is 22.2 Å². The average molecular weight is 503 g/mol. The van der Waals surface area contributed by atoms with E-state index in [1.807, 2.05) is 45.9 Å². The Morgan fingerprint density at radius 3 is 2.66 bits per heavy atom. The molecule has 1 saturated heterocycles. The number of aromatic nitrogens is 1. The monoisotopic (exact) mass is 502 g/mol. The summed E-state index contributed by atoms with van der Waals surface area (Å²) in [5, 5.41) is 5.53. The molecule has 3 rings (SSSR count). The first kappa shape index (κ1) is 26.8. The molecular weight excluding hydrogens is 467 g/mol. The summed E-state index contributed by atoms with van der Waals surface area (Å²) in [6.45, 7) is 11.9. The van der Waals surface area contributed by atoms with Gasteiger partial charge in [0.05, 0.1) is 11.2 Å². The van der Waals surface area contributed by atoms with Crippen LogP contribution in [-0.4, -0.2) is 58.4 Å². The van der Waals surface area contributed by atoms with Gasteiger partial charge in [-0.15, -0.1) is 11.3 Å². The Labute approximate surface area is 210 Å². The SMILES string of the molecule is C=C/C(=C\C=Cc1scnc1C)CNC(=O)C1CCCN1C(=O)C(NC(=O)C1(F)CC1)C(C)(C)C. The fourth-order valence-electron chi connectivity index (χ4n) is 3.95. The Balaban J connectivity index is 1.63. The van der Waals surface area contributed by atoms with Crippen LogP contribution in [0.15, 0.2) is 35.9 Å². The minimum Gasteiger partial charge on any atom is -0.350 e. The predicted molar refractivity (Wildman–Crippen MR) is 136 cm³/mol. The number of hydrogen-bond donors (Lipinski definition) is 2. The van der Waals surface area contributed by atoms with Crippen LogP contribution in [0.5, 0.6) is 0 Å².